The Morgan fingerprint density at radius 1 is 1.05 bits per heavy atom. The van der Waals surface area contributed by atoms with Crippen LogP contribution in [0.4, 0.5) is 0 Å². The van der Waals surface area contributed by atoms with Crippen LogP contribution >= 0.6 is 0 Å². The van der Waals surface area contributed by atoms with Crippen molar-refractivity contribution in [3.63, 3.8) is 0 Å². The monoisotopic (exact) mass is 565 g/mol. The number of furan rings is 1. The first kappa shape index (κ1) is 30.9. The minimum absolute atomic E-state index is 0.0107. The third-order valence-corrected chi connectivity index (χ3v) is 6.30. The molecule has 11 nitrogen and oxygen atoms in total. The molecule has 2 aromatic carbocycles. The molecule has 218 valence electrons. The van der Waals surface area contributed by atoms with E-state index in [-0.39, 0.29) is 42.8 Å². The number of benzene rings is 2. The number of ether oxygens (including phenoxy) is 1. The van der Waals surface area contributed by atoms with Crippen LogP contribution in [0.15, 0.2) is 65.1 Å². The average molecular weight is 566 g/mol. The van der Waals surface area contributed by atoms with Crippen molar-refractivity contribution < 1.29 is 38.3 Å². The number of hydrogen-bond acceptors (Lipinski definition) is 7. The van der Waals surface area contributed by atoms with Gasteiger partial charge in [-0.15, -0.1) is 0 Å². The molecule has 0 fully saturated rings. The largest absolute Gasteiger partial charge is 0.497 e. The molecule has 3 rings (SSSR count). The summed E-state index contributed by atoms with van der Waals surface area (Å²) in [6.45, 7) is 2.16. The van der Waals surface area contributed by atoms with Crippen molar-refractivity contribution in [3.05, 3.63) is 77.6 Å². The normalized spacial score (nSPS) is 11.4. The van der Waals surface area contributed by atoms with E-state index in [0.29, 0.717) is 24.1 Å². The summed E-state index contributed by atoms with van der Waals surface area (Å²) in [5.74, 6) is -1.97. The van der Waals surface area contributed by atoms with Crippen LogP contribution in [0, 0.1) is 5.92 Å². The van der Waals surface area contributed by atoms with Crippen LogP contribution in [-0.4, -0.2) is 54.7 Å². The summed E-state index contributed by atoms with van der Waals surface area (Å²) >= 11 is 0. The lowest BCUT2D eigenvalue weighted by molar-refractivity contribution is -0.182. The van der Waals surface area contributed by atoms with E-state index in [9.17, 15) is 24.3 Å². The molecule has 1 unspecified atom stereocenters. The van der Waals surface area contributed by atoms with E-state index in [4.69, 9.17) is 14.0 Å². The summed E-state index contributed by atoms with van der Waals surface area (Å²) in [5.41, 5.74) is 1.33. The Kier molecular flexibility index (Phi) is 11.9. The third-order valence-electron chi connectivity index (χ3n) is 6.30. The minimum atomic E-state index is -1.13. The SMILES string of the molecule is CCCCCC(CN(C=O)OCc1ccccc1)C(=O)NCNC(=O)c1ccc(-c2cc(OC)cc(C(=O)O)c2)o1. The number of carboxylic acid groups (broad SMARTS) is 1. The Hall–Kier alpha value is -4.64. The second-order valence-corrected chi connectivity index (χ2v) is 9.30. The molecule has 0 aliphatic heterocycles. The lowest BCUT2D eigenvalue weighted by Gasteiger charge is -2.23. The summed E-state index contributed by atoms with van der Waals surface area (Å²) in [6, 6.07) is 16.8. The van der Waals surface area contributed by atoms with Crippen LogP contribution in [0.1, 0.15) is 59.1 Å². The topological polar surface area (TPSA) is 147 Å². The molecule has 1 atom stereocenters. The van der Waals surface area contributed by atoms with Gasteiger partial charge in [-0.05, 0) is 42.3 Å². The number of nitrogens with one attached hydrogen (secondary N) is 2. The van der Waals surface area contributed by atoms with Gasteiger partial charge in [0.05, 0.1) is 31.8 Å². The highest BCUT2D eigenvalue weighted by molar-refractivity contribution is 5.93. The molecule has 1 heterocycles. The van der Waals surface area contributed by atoms with Gasteiger partial charge in [-0.2, -0.15) is 0 Å². The van der Waals surface area contributed by atoms with E-state index in [1.165, 1.54) is 25.3 Å². The van der Waals surface area contributed by atoms with Crippen molar-refractivity contribution in [1.82, 2.24) is 15.7 Å². The molecule has 3 N–H and O–H groups in total. The zero-order chi connectivity index (χ0) is 29.6. The van der Waals surface area contributed by atoms with Crippen molar-refractivity contribution in [2.24, 2.45) is 5.92 Å². The van der Waals surface area contributed by atoms with Gasteiger partial charge in [0, 0.05) is 5.56 Å². The molecular formula is C30H35N3O8. The highest BCUT2D eigenvalue weighted by Crippen LogP contribution is 2.28. The Labute approximate surface area is 238 Å². The van der Waals surface area contributed by atoms with Crippen molar-refractivity contribution >= 4 is 24.2 Å². The van der Waals surface area contributed by atoms with Gasteiger partial charge in [0.1, 0.15) is 18.1 Å². The molecular weight excluding hydrogens is 530 g/mol. The van der Waals surface area contributed by atoms with Gasteiger partial charge in [-0.3, -0.25) is 19.2 Å². The fourth-order valence-corrected chi connectivity index (χ4v) is 4.06. The van der Waals surface area contributed by atoms with E-state index in [0.717, 1.165) is 29.9 Å². The fourth-order valence-electron chi connectivity index (χ4n) is 4.06. The van der Waals surface area contributed by atoms with Gasteiger partial charge in [0.25, 0.3) is 5.91 Å². The second-order valence-electron chi connectivity index (χ2n) is 9.30. The van der Waals surface area contributed by atoms with Crippen LogP contribution in [0.5, 0.6) is 5.75 Å². The number of hydrogen-bond donors (Lipinski definition) is 3. The first-order chi connectivity index (χ1) is 19.8. The average Bonchev–Trinajstić information content (AvgIpc) is 3.49. The number of carboxylic acids is 1. The molecule has 3 aromatic rings. The van der Waals surface area contributed by atoms with E-state index >= 15 is 0 Å². The predicted octanol–water partition coefficient (Wildman–Crippen LogP) is 4.24. The van der Waals surface area contributed by atoms with E-state index in [1.807, 2.05) is 30.3 Å². The maximum absolute atomic E-state index is 13.0. The summed E-state index contributed by atoms with van der Waals surface area (Å²) < 4.78 is 10.8. The first-order valence-corrected chi connectivity index (χ1v) is 13.3. The Bertz CT molecular complexity index is 1310. The van der Waals surface area contributed by atoms with Gasteiger partial charge >= 0.3 is 5.97 Å². The standard InChI is InChI=1S/C30H35N3O8/c1-3-4-6-11-22(17-33(20-34)40-18-21-9-7-5-8-10-21)28(35)31-19-32-29(36)27-13-12-26(41-27)23-14-24(30(37)38)16-25(15-23)39-2/h5,7-10,12-16,20,22H,3-4,6,11,17-19H2,1-2H3,(H,31,35)(H,32,36)(H,37,38). The Morgan fingerprint density at radius 3 is 2.51 bits per heavy atom. The second kappa shape index (κ2) is 15.8. The third kappa shape index (κ3) is 9.50. The lowest BCUT2D eigenvalue weighted by atomic mass is 10.0. The number of amides is 3. The van der Waals surface area contributed by atoms with E-state index in [2.05, 4.69) is 17.6 Å². The van der Waals surface area contributed by atoms with Gasteiger partial charge in [0.2, 0.25) is 12.3 Å². The van der Waals surface area contributed by atoms with Crippen LogP contribution in [-0.2, 0) is 21.0 Å². The lowest BCUT2D eigenvalue weighted by Crippen LogP contribution is -2.43. The molecule has 11 heteroatoms. The van der Waals surface area contributed by atoms with E-state index in [1.54, 1.807) is 12.1 Å². The molecule has 0 aliphatic carbocycles. The van der Waals surface area contributed by atoms with Gasteiger partial charge in [-0.25, -0.2) is 9.86 Å². The van der Waals surface area contributed by atoms with Gasteiger partial charge in [0.15, 0.2) is 5.76 Å². The predicted molar refractivity (Wildman–Crippen MR) is 150 cm³/mol. The summed E-state index contributed by atoms with van der Waals surface area (Å²) in [6.07, 6.45) is 3.82. The quantitative estimate of drug-likeness (QED) is 0.0953. The highest BCUT2D eigenvalue weighted by Gasteiger charge is 2.22. The number of hydroxylamine groups is 2. The first-order valence-electron chi connectivity index (χ1n) is 13.3. The molecule has 0 saturated heterocycles. The van der Waals surface area contributed by atoms with Gasteiger partial charge in [-0.1, -0.05) is 56.5 Å². The van der Waals surface area contributed by atoms with Crippen LogP contribution in [0.2, 0.25) is 0 Å². The molecule has 0 saturated carbocycles. The number of rotatable bonds is 17. The Balaban J connectivity index is 1.57. The molecule has 1 aromatic heterocycles. The summed E-state index contributed by atoms with van der Waals surface area (Å²) in [5, 5.41) is 15.7. The van der Waals surface area contributed by atoms with Crippen LogP contribution in [0.3, 0.4) is 0 Å². The van der Waals surface area contributed by atoms with Gasteiger partial charge < -0.3 is 24.9 Å². The highest BCUT2D eigenvalue weighted by atomic mass is 16.7. The number of nitrogens with zero attached hydrogens (tertiary/aromatic N) is 1. The number of carbonyl (C=O) groups excluding carboxylic acids is 3. The zero-order valence-electron chi connectivity index (χ0n) is 23.1. The Morgan fingerprint density at radius 2 is 1.83 bits per heavy atom. The number of carbonyl (C=O) groups is 4. The van der Waals surface area contributed by atoms with Crippen molar-refractivity contribution in [3.8, 4) is 17.1 Å². The fraction of sp³-hybridized carbons (Fsp3) is 0.333. The molecule has 0 bridgehead atoms. The molecule has 0 aliphatic rings. The summed E-state index contributed by atoms with van der Waals surface area (Å²) in [7, 11) is 1.42. The number of unbranched alkanes of at least 4 members (excludes halogenated alkanes) is 2. The zero-order valence-corrected chi connectivity index (χ0v) is 23.1. The molecule has 3 amide bonds. The van der Waals surface area contributed by atoms with E-state index < -0.39 is 17.8 Å². The van der Waals surface area contributed by atoms with Crippen molar-refractivity contribution in [1.29, 1.82) is 0 Å². The summed E-state index contributed by atoms with van der Waals surface area (Å²) in [4.78, 5) is 54.3. The maximum atomic E-state index is 13.0. The van der Waals surface area contributed by atoms with Crippen LogP contribution < -0.4 is 15.4 Å². The van der Waals surface area contributed by atoms with Crippen molar-refractivity contribution in [2.45, 2.75) is 39.2 Å². The minimum Gasteiger partial charge on any atom is -0.497 e. The molecule has 0 radical (unpaired) electrons. The van der Waals surface area contributed by atoms with Crippen LogP contribution in [0.25, 0.3) is 11.3 Å². The molecule has 41 heavy (non-hydrogen) atoms. The number of methoxy groups -OCH3 is 1. The maximum Gasteiger partial charge on any atom is 0.335 e. The smallest absolute Gasteiger partial charge is 0.335 e. The molecule has 0 spiro atoms. The number of aromatic carboxylic acids is 1. The van der Waals surface area contributed by atoms with Crippen molar-refractivity contribution in [2.75, 3.05) is 20.3 Å².